The maximum atomic E-state index is 12.1. The number of amides is 1. The lowest BCUT2D eigenvalue weighted by Gasteiger charge is -2.17. The summed E-state index contributed by atoms with van der Waals surface area (Å²) in [5, 5.41) is 0. The van der Waals surface area contributed by atoms with Crippen molar-refractivity contribution in [2.45, 2.75) is 20.0 Å². The summed E-state index contributed by atoms with van der Waals surface area (Å²) in [6.07, 6.45) is 1.18. The highest BCUT2D eigenvalue weighted by Gasteiger charge is 2.13. The molecule has 1 heterocycles. The lowest BCUT2D eigenvalue weighted by Crippen LogP contribution is -2.34. The third-order valence-corrected chi connectivity index (χ3v) is 3.63. The van der Waals surface area contributed by atoms with E-state index in [2.05, 4.69) is 0 Å². The molecule has 0 fully saturated rings. The van der Waals surface area contributed by atoms with Crippen molar-refractivity contribution in [2.75, 3.05) is 20.3 Å². The van der Waals surface area contributed by atoms with E-state index in [1.54, 1.807) is 7.05 Å². The third-order valence-electron chi connectivity index (χ3n) is 3.63. The molecule has 9 heteroatoms. The molecule has 0 aliphatic carbocycles. The van der Waals surface area contributed by atoms with Gasteiger partial charge < -0.3 is 14.4 Å². The molecule has 0 aliphatic rings. The van der Waals surface area contributed by atoms with Crippen molar-refractivity contribution in [3.05, 3.63) is 62.9 Å². The SMILES string of the molecule is CCOc1ccc(CN(C)C(=O)COC(=O)Cn2ccc(=O)[nH]c2=O)cc1. The highest BCUT2D eigenvalue weighted by atomic mass is 16.5. The topological polar surface area (TPSA) is 111 Å². The number of esters is 1. The molecule has 0 saturated carbocycles. The number of ether oxygens (including phenoxy) is 2. The summed E-state index contributed by atoms with van der Waals surface area (Å²) in [6, 6.07) is 8.45. The molecule has 144 valence electrons. The number of carbonyl (C=O) groups excluding carboxylic acids is 2. The predicted octanol–water partition coefficient (Wildman–Crippen LogP) is 0.137. The number of rotatable bonds is 8. The van der Waals surface area contributed by atoms with Crippen LogP contribution in [0.1, 0.15) is 12.5 Å². The molecule has 0 bridgehead atoms. The number of nitrogens with one attached hydrogen (secondary N) is 1. The van der Waals surface area contributed by atoms with Crippen LogP contribution in [0.4, 0.5) is 0 Å². The monoisotopic (exact) mass is 375 g/mol. The summed E-state index contributed by atoms with van der Waals surface area (Å²) >= 11 is 0. The molecular weight excluding hydrogens is 354 g/mol. The first kappa shape index (κ1) is 20.0. The maximum absolute atomic E-state index is 12.1. The van der Waals surface area contributed by atoms with Gasteiger partial charge in [-0.2, -0.15) is 0 Å². The molecule has 27 heavy (non-hydrogen) atoms. The van der Waals surface area contributed by atoms with Crippen LogP contribution in [0.25, 0.3) is 0 Å². The summed E-state index contributed by atoms with van der Waals surface area (Å²) in [5.41, 5.74) is -0.380. The van der Waals surface area contributed by atoms with Crippen LogP contribution in [0, 0.1) is 0 Å². The van der Waals surface area contributed by atoms with Gasteiger partial charge in [-0.05, 0) is 24.6 Å². The number of hydrogen-bond acceptors (Lipinski definition) is 6. The fraction of sp³-hybridized carbons (Fsp3) is 0.333. The first-order valence-corrected chi connectivity index (χ1v) is 8.30. The molecular formula is C18H21N3O6. The van der Waals surface area contributed by atoms with Crippen LogP contribution in [0.3, 0.4) is 0 Å². The van der Waals surface area contributed by atoms with E-state index in [1.165, 1.54) is 11.1 Å². The van der Waals surface area contributed by atoms with Gasteiger partial charge in [0.2, 0.25) is 0 Å². The van der Waals surface area contributed by atoms with Gasteiger partial charge in [0, 0.05) is 25.9 Å². The van der Waals surface area contributed by atoms with E-state index < -0.39 is 30.4 Å². The smallest absolute Gasteiger partial charge is 0.328 e. The van der Waals surface area contributed by atoms with Crippen LogP contribution in [0.5, 0.6) is 5.75 Å². The molecule has 2 rings (SSSR count). The van der Waals surface area contributed by atoms with E-state index in [0.717, 1.165) is 21.9 Å². The summed E-state index contributed by atoms with van der Waals surface area (Å²) in [5.74, 6) is -0.389. The number of nitrogens with zero attached hydrogens (tertiary/aromatic N) is 2. The number of likely N-dealkylation sites (N-methyl/N-ethyl adjacent to an activating group) is 1. The second-order valence-electron chi connectivity index (χ2n) is 5.73. The molecule has 0 atom stereocenters. The Kier molecular flexibility index (Phi) is 6.93. The quantitative estimate of drug-likeness (QED) is 0.657. The van der Waals surface area contributed by atoms with Crippen molar-refractivity contribution in [2.24, 2.45) is 0 Å². The van der Waals surface area contributed by atoms with E-state index in [1.807, 2.05) is 36.2 Å². The minimum Gasteiger partial charge on any atom is -0.494 e. The standard InChI is InChI=1S/C18H21N3O6/c1-3-26-14-6-4-13(5-7-14)10-20(2)16(23)12-27-17(24)11-21-9-8-15(22)19-18(21)25/h4-9H,3,10-12H2,1-2H3,(H,19,22,25). The molecule has 0 spiro atoms. The zero-order valence-electron chi connectivity index (χ0n) is 15.1. The summed E-state index contributed by atoms with van der Waals surface area (Å²) in [6.45, 7) is 1.99. The van der Waals surface area contributed by atoms with Crippen LogP contribution < -0.4 is 16.0 Å². The van der Waals surface area contributed by atoms with Gasteiger partial charge in [-0.1, -0.05) is 12.1 Å². The lowest BCUT2D eigenvalue weighted by atomic mass is 10.2. The predicted molar refractivity (Wildman–Crippen MR) is 96.4 cm³/mol. The number of aromatic nitrogens is 2. The Hall–Kier alpha value is -3.36. The van der Waals surface area contributed by atoms with Crippen LogP contribution in [-0.4, -0.2) is 46.6 Å². The van der Waals surface area contributed by atoms with E-state index in [9.17, 15) is 19.2 Å². The molecule has 1 aromatic heterocycles. The van der Waals surface area contributed by atoms with Gasteiger partial charge in [0.05, 0.1) is 6.61 Å². The van der Waals surface area contributed by atoms with Gasteiger partial charge in [-0.15, -0.1) is 0 Å². The van der Waals surface area contributed by atoms with Gasteiger partial charge in [0.15, 0.2) is 6.61 Å². The van der Waals surface area contributed by atoms with Crippen LogP contribution >= 0.6 is 0 Å². The van der Waals surface area contributed by atoms with Crippen molar-refractivity contribution >= 4 is 11.9 Å². The van der Waals surface area contributed by atoms with Gasteiger partial charge in [-0.3, -0.25) is 23.9 Å². The highest BCUT2D eigenvalue weighted by Crippen LogP contribution is 2.13. The molecule has 1 amide bonds. The number of aromatic amines is 1. The first-order valence-electron chi connectivity index (χ1n) is 8.30. The Labute approximate surface area is 155 Å². The molecule has 0 radical (unpaired) electrons. The van der Waals surface area contributed by atoms with Crippen molar-refractivity contribution in [1.82, 2.24) is 14.5 Å². The number of H-pyrrole nitrogens is 1. The average Bonchev–Trinajstić information content (AvgIpc) is 2.64. The molecule has 0 saturated heterocycles. The Morgan fingerprint density at radius 1 is 1.15 bits per heavy atom. The van der Waals surface area contributed by atoms with Crippen molar-refractivity contribution in [3.63, 3.8) is 0 Å². The number of carbonyl (C=O) groups is 2. The van der Waals surface area contributed by atoms with Crippen molar-refractivity contribution in [3.8, 4) is 5.75 Å². The number of benzene rings is 1. The van der Waals surface area contributed by atoms with Gasteiger partial charge in [0.1, 0.15) is 12.3 Å². The molecule has 0 unspecified atom stereocenters. The first-order chi connectivity index (χ1) is 12.9. The minimum absolute atomic E-state index is 0.349. The van der Waals surface area contributed by atoms with Gasteiger partial charge >= 0.3 is 11.7 Å². The molecule has 2 aromatic rings. The van der Waals surface area contributed by atoms with Crippen LogP contribution in [-0.2, 0) is 27.4 Å². The van der Waals surface area contributed by atoms with E-state index in [0.29, 0.717) is 13.2 Å². The van der Waals surface area contributed by atoms with Crippen LogP contribution in [0.15, 0.2) is 46.1 Å². The summed E-state index contributed by atoms with van der Waals surface area (Å²) in [4.78, 5) is 49.8. The zero-order valence-corrected chi connectivity index (χ0v) is 15.1. The van der Waals surface area contributed by atoms with Gasteiger partial charge in [0.25, 0.3) is 11.5 Å². The molecule has 1 N–H and O–H groups in total. The van der Waals surface area contributed by atoms with E-state index >= 15 is 0 Å². The van der Waals surface area contributed by atoms with Crippen molar-refractivity contribution < 1.29 is 19.1 Å². The lowest BCUT2D eigenvalue weighted by molar-refractivity contribution is -0.152. The normalized spacial score (nSPS) is 10.3. The highest BCUT2D eigenvalue weighted by molar-refractivity contribution is 5.80. The second kappa shape index (κ2) is 9.37. The Morgan fingerprint density at radius 3 is 2.48 bits per heavy atom. The molecule has 9 nitrogen and oxygen atoms in total. The van der Waals surface area contributed by atoms with Crippen LogP contribution in [0.2, 0.25) is 0 Å². The summed E-state index contributed by atoms with van der Waals surface area (Å²) in [7, 11) is 1.60. The number of hydrogen-bond donors (Lipinski definition) is 1. The van der Waals surface area contributed by atoms with Gasteiger partial charge in [-0.25, -0.2) is 4.79 Å². The third kappa shape index (κ3) is 6.14. The zero-order chi connectivity index (χ0) is 19.8. The Morgan fingerprint density at radius 2 is 1.85 bits per heavy atom. The fourth-order valence-electron chi connectivity index (χ4n) is 2.23. The second-order valence-corrected chi connectivity index (χ2v) is 5.73. The largest absolute Gasteiger partial charge is 0.494 e. The van der Waals surface area contributed by atoms with E-state index in [4.69, 9.17) is 9.47 Å². The van der Waals surface area contributed by atoms with Crippen molar-refractivity contribution in [1.29, 1.82) is 0 Å². The maximum Gasteiger partial charge on any atom is 0.328 e. The Balaban J connectivity index is 1.82. The summed E-state index contributed by atoms with van der Waals surface area (Å²) < 4.78 is 11.2. The molecule has 1 aromatic carbocycles. The Bertz CT molecular complexity index is 900. The van der Waals surface area contributed by atoms with E-state index in [-0.39, 0.29) is 5.91 Å². The average molecular weight is 375 g/mol. The minimum atomic E-state index is -0.757. The molecule has 0 aliphatic heterocycles. The fourth-order valence-corrected chi connectivity index (χ4v) is 2.23.